The largest absolute Gasteiger partial charge is 0.353 e. The molecule has 1 aromatic heterocycles. The van der Waals surface area contributed by atoms with E-state index in [9.17, 15) is 9.59 Å². The molecule has 1 fully saturated rings. The van der Waals surface area contributed by atoms with Crippen LogP contribution >= 0.6 is 11.8 Å². The Labute approximate surface area is 161 Å². The van der Waals surface area contributed by atoms with Crippen molar-refractivity contribution in [3.63, 3.8) is 0 Å². The average Bonchev–Trinajstić information content (AvgIpc) is 3.46. The van der Waals surface area contributed by atoms with Gasteiger partial charge in [0.2, 0.25) is 5.91 Å². The zero-order chi connectivity index (χ0) is 19.0. The van der Waals surface area contributed by atoms with Gasteiger partial charge in [-0.15, -0.1) is 0 Å². The summed E-state index contributed by atoms with van der Waals surface area (Å²) in [6, 6.07) is 13.7. The number of rotatable bonds is 5. The first kappa shape index (κ1) is 17.8. The van der Waals surface area contributed by atoms with E-state index in [0.717, 1.165) is 29.7 Å². The molecule has 0 spiro atoms. The number of amides is 1. The van der Waals surface area contributed by atoms with Crippen LogP contribution in [0.3, 0.4) is 0 Å². The number of para-hydroxylation sites is 1. The fourth-order valence-electron chi connectivity index (χ4n) is 3.01. The molecule has 0 unspecified atom stereocenters. The molecule has 0 saturated heterocycles. The van der Waals surface area contributed by atoms with Crippen LogP contribution in [0.15, 0.2) is 52.4 Å². The molecule has 3 aromatic rings. The molecule has 2 aromatic carbocycles. The lowest BCUT2D eigenvalue weighted by molar-refractivity contribution is -0.118. The van der Waals surface area contributed by atoms with E-state index < -0.39 is 0 Å². The molecule has 1 aliphatic rings. The highest BCUT2D eigenvalue weighted by Crippen LogP contribution is 2.24. The highest BCUT2D eigenvalue weighted by Gasteiger charge is 2.23. The van der Waals surface area contributed by atoms with Crippen molar-refractivity contribution >= 4 is 28.6 Å². The van der Waals surface area contributed by atoms with Crippen LogP contribution in [0.2, 0.25) is 0 Å². The Balaban J connectivity index is 1.81. The van der Waals surface area contributed by atoms with Gasteiger partial charge in [-0.25, -0.2) is 4.98 Å². The summed E-state index contributed by atoms with van der Waals surface area (Å²) in [5.74, 6) is 0.226. The van der Waals surface area contributed by atoms with Crippen molar-refractivity contribution in [2.75, 3.05) is 5.75 Å². The van der Waals surface area contributed by atoms with Gasteiger partial charge in [0.25, 0.3) is 5.56 Å². The lowest BCUT2D eigenvalue weighted by atomic mass is 10.1. The molecule has 1 saturated carbocycles. The Morgan fingerprint density at radius 2 is 2.00 bits per heavy atom. The molecule has 4 rings (SSSR count). The van der Waals surface area contributed by atoms with Gasteiger partial charge in [0.05, 0.1) is 22.3 Å². The van der Waals surface area contributed by atoms with Crippen molar-refractivity contribution in [2.45, 2.75) is 37.9 Å². The fraction of sp³-hybridized carbons (Fsp3) is 0.286. The van der Waals surface area contributed by atoms with Crippen molar-refractivity contribution in [1.29, 1.82) is 0 Å². The minimum atomic E-state index is -0.112. The minimum Gasteiger partial charge on any atom is -0.353 e. The number of aromatic nitrogens is 2. The number of benzene rings is 2. The van der Waals surface area contributed by atoms with Crippen LogP contribution in [-0.2, 0) is 4.79 Å². The lowest BCUT2D eigenvalue weighted by Gasteiger charge is -2.15. The topological polar surface area (TPSA) is 64.0 Å². The maximum Gasteiger partial charge on any atom is 0.266 e. The Hall–Kier alpha value is -2.60. The fourth-order valence-corrected chi connectivity index (χ4v) is 3.83. The summed E-state index contributed by atoms with van der Waals surface area (Å²) in [7, 11) is 0. The first-order valence-corrected chi connectivity index (χ1v) is 10.0. The zero-order valence-corrected chi connectivity index (χ0v) is 16.2. The van der Waals surface area contributed by atoms with Crippen LogP contribution in [-0.4, -0.2) is 27.3 Å². The van der Waals surface area contributed by atoms with Crippen molar-refractivity contribution < 1.29 is 4.79 Å². The van der Waals surface area contributed by atoms with Crippen LogP contribution in [0, 0.1) is 13.8 Å². The van der Waals surface area contributed by atoms with Gasteiger partial charge >= 0.3 is 0 Å². The molecule has 6 heteroatoms. The maximum absolute atomic E-state index is 13.3. The molecule has 27 heavy (non-hydrogen) atoms. The molecule has 0 aliphatic heterocycles. The number of nitrogens with zero attached hydrogens (tertiary/aromatic N) is 2. The van der Waals surface area contributed by atoms with Gasteiger partial charge in [-0.3, -0.25) is 14.2 Å². The van der Waals surface area contributed by atoms with E-state index >= 15 is 0 Å². The van der Waals surface area contributed by atoms with Crippen molar-refractivity contribution in [3.8, 4) is 5.69 Å². The highest BCUT2D eigenvalue weighted by atomic mass is 32.2. The smallest absolute Gasteiger partial charge is 0.266 e. The van der Waals surface area contributed by atoms with Crippen LogP contribution in [0.5, 0.6) is 0 Å². The SMILES string of the molecule is Cc1ccc(C)c(-n2c(SCC(=O)NC3CC3)nc3ccccc3c2=O)c1. The van der Waals surface area contributed by atoms with E-state index in [1.165, 1.54) is 11.8 Å². The summed E-state index contributed by atoms with van der Waals surface area (Å²) in [4.78, 5) is 30.1. The lowest BCUT2D eigenvalue weighted by Crippen LogP contribution is -2.28. The van der Waals surface area contributed by atoms with E-state index in [2.05, 4.69) is 5.32 Å². The van der Waals surface area contributed by atoms with E-state index in [1.807, 2.05) is 50.2 Å². The number of carbonyl (C=O) groups excluding carboxylic acids is 1. The molecule has 1 aliphatic carbocycles. The number of thioether (sulfide) groups is 1. The Morgan fingerprint density at radius 3 is 2.78 bits per heavy atom. The predicted octanol–water partition coefficient (Wildman–Crippen LogP) is 3.37. The van der Waals surface area contributed by atoms with E-state index in [1.54, 1.807) is 10.6 Å². The Bertz CT molecular complexity index is 1090. The zero-order valence-electron chi connectivity index (χ0n) is 15.4. The first-order valence-electron chi connectivity index (χ1n) is 9.04. The summed E-state index contributed by atoms with van der Waals surface area (Å²) in [6.45, 7) is 3.98. The second-order valence-corrected chi connectivity index (χ2v) is 7.91. The number of fused-ring (bicyclic) bond motifs is 1. The third-order valence-corrected chi connectivity index (χ3v) is 5.56. The third kappa shape index (κ3) is 3.76. The first-order chi connectivity index (χ1) is 13.0. The molecule has 5 nitrogen and oxygen atoms in total. The monoisotopic (exact) mass is 379 g/mol. The minimum absolute atomic E-state index is 0.0163. The average molecular weight is 379 g/mol. The summed E-state index contributed by atoms with van der Waals surface area (Å²) in [5, 5.41) is 4.10. The van der Waals surface area contributed by atoms with Crippen molar-refractivity contribution in [2.24, 2.45) is 0 Å². The summed E-state index contributed by atoms with van der Waals surface area (Å²) in [6.07, 6.45) is 2.11. The van der Waals surface area contributed by atoms with E-state index in [0.29, 0.717) is 22.1 Å². The van der Waals surface area contributed by atoms with Crippen LogP contribution in [0.25, 0.3) is 16.6 Å². The number of hydrogen-bond acceptors (Lipinski definition) is 4. The molecule has 0 bridgehead atoms. The van der Waals surface area contributed by atoms with Crippen molar-refractivity contribution in [3.05, 3.63) is 63.9 Å². The number of nitrogens with one attached hydrogen (secondary N) is 1. The van der Waals surface area contributed by atoms with E-state index in [4.69, 9.17) is 4.98 Å². The van der Waals surface area contributed by atoms with Crippen LogP contribution in [0.1, 0.15) is 24.0 Å². The molecular formula is C21H21N3O2S. The summed E-state index contributed by atoms with van der Waals surface area (Å²) >= 11 is 1.30. The Kier molecular flexibility index (Phi) is 4.74. The quantitative estimate of drug-likeness (QED) is 0.545. The van der Waals surface area contributed by atoms with Gasteiger partial charge in [0.1, 0.15) is 0 Å². The van der Waals surface area contributed by atoms with Gasteiger partial charge < -0.3 is 5.32 Å². The Morgan fingerprint density at radius 1 is 1.22 bits per heavy atom. The number of hydrogen-bond donors (Lipinski definition) is 1. The third-order valence-electron chi connectivity index (χ3n) is 4.63. The van der Waals surface area contributed by atoms with Crippen LogP contribution in [0.4, 0.5) is 0 Å². The molecule has 0 radical (unpaired) electrons. The second-order valence-electron chi connectivity index (χ2n) is 6.97. The predicted molar refractivity (Wildman–Crippen MR) is 109 cm³/mol. The highest BCUT2D eigenvalue weighted by molar-refractivity contribution is 7.99. The van der Waals surface area contributed by atoms with Crippen LogP contribution < -0.4 is 10.9 Å². The van der Waals surface area contributed by atoms with Gasteiger partial charge in [-0.2, -0.15) is 0 Å². The van der Waals surface area contributed by atoms with Gasteiger partial charge in [0, 0.05) is 6.04 Å². The maximum atomic E-state index is 13.3. The molecule has 1 N–H and O–H groups in total. The number of aryl methyl sites for hydroxylation is 2. The van der Waals surface area contributed by atoms with Gasteiger partial charge in [-0.1, -0.05) is 36.0 Å². The standard InChI is InChI=1S/C21H21N3O2S/c1-13-7-8-14(2)18(11-13)24-20(26)16-5-3-4-6-17(16)23-21(24)27-12-19(25)22-15-9-10-15/h3-8,11,15H,9-10,12H2,1-2H3,(H,22,25). The second kappa shape index (κ2) is 7.19. The summed E-state index contributed by atoms with van der Waals surface area (Å²) < 4.78 is 1.64. The normalized spacial score (nSPS) is 13.7. The van der Waals surface area contributed by atoms with Gasteiger partial charge in [-0.05, 0) is 56.0 Å². The molecular weight excluding hydrogens is 358 g/mol. The molecule has 138 valence electrons. The van der Waals surface area contributed by atoms with E-state index in [-0.39, 0.29) is 17.2 Å². The number of carbonyl (C=O) groups is 1. The van der Waals surface area contributed by atoms with Gasteiger partial charge in [0.15, 0.2) is 5.16 Å². The molecule has 1 heterocycles. The summed E-state index contributed by atoms with van der Waals surface area (Å²) in [5.41, 5.74) is 3.40. The molecule has 1 amide bonds. The molecule has 0 atom stereocenters. The van der Waals surface area contributed by atoms with Crippen molar-refractivity contribution in [1.82, 2.24) is 14.9 Å².